The van der Waals surface area contributed by atoms with E-state index >= 15 is 0 Å². The van der Waals surface area contributed by atoms with Crippen molar-refractivity contribution >= 4 is 22.2 Å². The fraction of sp³-hybridized carbons (Fsp3) is 0.474. The fourth-order valence-electron chi connectivity index (χ4n) is 4.35. The van der Waals surface area contributed by atoms with Gasteiger partial charge in [-0.1, -0.05) is 20.8 Å². The van der Waals surface area contributed by atoms with Crippen molar-refractivity contribution in [1.29, 1.82) is 0 Å². The molecule has 2 aliphatic carbocycles. The Morgan fingerprint density at radius 3 is 2.68 bits per heavy atom. The van der Waals surface area contributed by atoms with Gasteiger partial charge in [-0.05, 0) is 48.8 Å². The topological polar surface area (TPSA) is 77.7 Å². The molecule has 4 rings (SSSR count). The average molecular weight is 357 g/mol. The van der Waals surface area contributed by atoms with E-state index in [-0.39, 0.29) is 16.9 Å². The van der Waals surface area contributed by atoms with Gasteiger partial charge in [0.1, 0.15) is 0 Å². The maximum atomic E-state index is 9.64. The molecule has 3 N–H and O–H groups in total. The summed E-state index contributed by atoms with van der Waals surface area (Å²) in [5, 5.41) is 26.4. The SMILES string of the molecule is CC12CCC(C/C1=N\Nc1nc(-c3ccc(O)c(O)c3)cs1)C2(C)C. The molecule has 6 heteroatoms. The maximum Gasteiger partial charge on any atom is 0.203 e. The number of anilines is 1. The highest BCUT2D eigenvalue weighted by molar-refractivity contribution is 7.14. The zero-order valence-electron chi connectivity index (χ0n) is 14.7. The number of nitrogens with one attached hydrogen (secondary N) is 1. The number of thiazole rings is 1. The van der Waals surface area contributed by atoms with E-state index in [1.165, 1.54) is 42.0 Å². The van der Waals surface area contributed by atoms with Gasteiger partial charge in [0.05, 0.1) is 5.69 Å². The van der Waals surface area contributed by atoms with Crippen LogP contribution in [0.4, 0.5) is 5.13 Å². The zero-order chi connectivity index (χ0) is 17.8. The second-order valence-electron chi connectivity index (χ2n) is 7.91. The van der Waals surface area contributed by atoms with Gasteiger partial charge in [-0.3, -0.25) is 5.43 Å². The second kappa shape index (κ2) is 5.46. The zero-order valence-corrected chi connectivity index (χ0v) is 15.5. The van der Waals surface area contributed by atoms with Gasteiger partial charge < -0.3 is 10.2 Å². The van der Waals surface area contributed by atoms with Crippen LogP contribution >= 0.6 is 11.3 Å². The van der Waals surface area contributed by atoms with E-state index < -0.39 is 0 Å². The minimum absolute atomic E-state index is 0.129. The van der Waals surface area contributed by atoms with Crippen LogP contribution in [0.15, 0.2) is 28.7 Å². The number of rotatable bonds is 3. The summed E-state index contributed by atoms with van der Waals surface area (Å²) in [5.41, 5.74) is 6.39. The summed E-state index contributed by atoms with van der Waals surface area (Å²) in [6.45, 7) is 7.07. The van der Waals surface area contributed by atoms with Crippen LogP contribution in [0, 0.1) is 16.7 Å². The van der Waals surface area contributed by atoms with Crippen molar-refractivity contribution in [1.82, 2.24) is 4.98 Å². The Hall–Kier alpha value is -2.08. The molecule has 5 nitrogen and oxygen atoms in total. The molecule has 25 heavy (non-hydrogen) atoms. The summed E-state index contributed by atoms with van der Waals surface area (Å²) >= 11 is 1.48. The smallest absolute Gasteiger partial charge is 0.203 e. The third kappa shape index (κ3) is 2.42. The number of aromatic nitrogens is 1. The average Bonchev–Trinajstić information content (AvgIpc) is 3.18. The van der Waals surface area contributed by atoms with Gasteiger partial charge >= 0.3 is 0 Å². The summed E-state index contributed by atoms with van der Waals surface area (Å²) in [7, 11) is 0. The molecule has 132 valence electrons. The largest absolute Gasteiger partial charge is 0.504 e. The van der Waals surface area contributed by atoms with E-state index in [1.54, 1.807) is 6.07 Å². The Bertz CT molecular complexity index is 858. The van der Waals surface area contributed by atoms with Crippen LogP contribution in [-0.2, 0) is 0 Å². The number of hydrazone groups is 1. The number of phenolic OH excluding ortho intramolecular Hbond substituents is 2. The highest BCUT2D eigenvalue weighted by Crippen LogP contribution is 2.63. The van der Waals surface area contributed by atoms with Crippen molar-refractivity contribution in [3.8, 4) is 22.8 Å². The molecule has 2 saturated carbocycles. The minimum atomic E-state index is -0.141. The molecule has 2 unspecified atom stereocenters. The molecule has 1 aromatic carbocycles. The summed E-state index contributed by atoms with van der Waals surface area (Å²) in [5.74, 6) is 0.457. The molecule has 2 atom stereocenters. The maximum absolute atomic E-state index is 9.64. The van der Waals surface area contributed by atoms with Crippen molar-refractivity contribution in [3.63, 3.8) is 0 Å². The van der Waals surface area contributed by atoms with Gasteiger partial charge in [-0.15, -0.1) is 11.3 Å². The molecule has 0 aliphatic heterocycles. The van der Waals surface area contributed by atoms with Crippen LogP contribution in [0.2, 0.25) is 0 Å². The number of fused-ring (bicyclic) bond motifs is 2. The van der Waals surface area contributed by atoms with E-state index in [9.17, 15) is 10.2 Å². The van der Waals surface area contributed by atoms with E-state index in [0.29, 0.717) is 5.41 Å². The number of hydrogen-bond donors (Lipinski definition) is 3. The molecular formula is C19H23N3O2S. The van der Waals surface area contributed by atoms with Crippen LogP contribution in [0.25, 0.3) is 11.3 Å². The molecule has 1 aromatic heterocycles. The second-order valence-corrected chi connectivity index (χ2v) is 8.76. The Balaban J connectivity index is 1.54. The molecule has 0 amide bonds. The predicted octanol–water partition coefficient (Wildman–Crippen LogP) is 4.84. The number of benzene rings is 1. The van der Waals surface area contributed by atoms with Gasteiger partial charge in [0.25, 0.3) is 0 Å². The summed E-state index contributed by atoms with van der Waals surface area (Å²) in [6, 6.07) is 4.72. The van der Waals surface area contributed by atoms with Crippen LogP contribution in [-0.4, -0.2) is 20.9 Å². The molecule has 1 heterocycles. The summed E-state index contributed by atoms with van der Waals surface area (Å²) < 4.78 is 0. The van der Waals surface area contributed by atoms with Crippen molar-refractivity contribution in [2.45, 2.75) is 40.0 Å². The lowest BCUT2D eigenvalue weighted by Crippen LogP contribution is -2.32. The van der Waals surface area contributed by atoms with Gasteiger partial charge in [0.15, 0.2) is 11.5 Å². The highest BCUT2D eigenvalue weighted by Gasteiger charge is 2.59. The lowest BCUT2D eigenvalue weighted by atomic mass is 9.70. The normalized spacial score (nSPS) is 28.6. The number of aromatic hydroxyl groups is 2. The molecule has 2 fully saturated rings. The van der Waals surface area contributed by atoms with Crippen LogP contribution in [0.3, 0.4) is 0 Å². The Kier molecular flexibility index (Phi) is 3.58. The molecule has 0 saturated heterocycles. The quantitative estimate of drug-likeness (QED) is 0.543. The minimum Gasteiger partial charge on any atom is -0.504 e. The van der Waals surface area contributed by atoms with Crippen molar-refractivity contribution < 1.29 is 10.2 Å². The molecule has 0 spiro atoms. The molecule has 2 bridgehead atoms. The first-order valence-electron chi connectivity index (χ1n) is 8.62. The lowest BCUT2D eigenvalue weighted by Gasteiger charge is -2.34. The standard InChI is InChI=1S/C19H23N3O2S/c1-18(2)12-6-7-19(18,3)16(9-12)21-22-17-20-13(10-25-17)11-4-5-14(23)15(24)8-11/h4-5,8,10,12,23-24H,6-7,9H2,1-3H3,(H,20,22)/b21-16+. The van der Waals surface area contributed by atoms with E-state index in [1.807, 2.05) is 5.38 Å². The van der Waals surface area contributed by atoms with Gasteiger partial charge in [-0.2, -0.15) is 5.10 Å². The van der Waals surface area contributed by atoms with E-state index in [4.69, 9.17) is 5.10 Å². The van der Waals surface area contributed by atoms with Crippen LogP contribution in [0.1, 0.15) is 40.0 Å². The van der Waals surface area contributed by atoms with Crippen molar-refractivity contribution in [3.05, 3.63) is 23.6 Å². The van der Waals surface area contributed by atoms with E-state index in [0.717, 1.165) is 28.7 Å². The highest BCUT2D eigenvalue weighted by atomic mass is 32.1. The molecule has 2 aromatic rings. The number of hydrogen-bond acceptors (Lipinski definition) is 6. The molecule has 2 aliphatic rings. The number of phenols is 2. The fourth-order valence-corrected chi connectivity index (χ4v) is 5.01. The monoisotopic (exact) mass is 357 g/mol. The summed E-state index contributed by atoms with van der Waals surface area (Å²) in [4.78, 5) is 4.54. The van der Waals surface area contributed by atoms with Crippen LogP contribution in [0.5, 0.6) is 11.5 Å². The van der Waals surface area contributed by atoms with Crippen molar-refractivity contribution in [2.75, 3.05) is 5.43 Å². The third-order valence-electron chi connectivity index (χ3n) is 6.57. The van der Waals surface area contributed by atoms with Crippen molar-refractivity contribution in [2.24, 2.45) is 21.8 Å². The Morgan fingerprint density at radius 2 is 2.04 bits per heavy atom. The van der Waals surface area contributed by atoms with Gasteiger partial charge in [0, 0.05) is 22.1 Å². The van der Waals surface area contributed by atoms with Crippen LogP contribution < -0.4 is 5.43 Å². The first-order chi connectivity index (χ1) is 11.8. The third-order valence-corrected chi connectivity index (χ3v) is 7.32. The summed E-state index contributed by atoms with van der Waals surface area (Å²) in [6.07, 6.45) is 3.58. The number of nitrogens with zero attached hydrogens (tertiary/aromatic N) is 2. The molecular weight excluding hydrogens is 334 g/mol. The Labute approximate surface area is 151 Å². The Morgan fingerprint density at radius 1 is 1.24 bits per heavy atom. The van der Waals surface area contributed by atoms with E-state index in [2.05, 4.69) is 31.2 Å². The predicted molar refractivity (Wildman–Crippen MR) is 101 cm³/mol. The molecule has 0 radical (unpaired) electrons. The lowest BCUT2D eigenvalue weighted by molar-refractivity contribution is 0.194. The first-order valence-corrected chi connectivity index (χ1v) is 9.50. The van der Waals surface area contributed by atoms with Gasteiger partial charge in [-0.25, -0.2) is 4.98 Å². The first kappa shape index (κ1) is 16.4. The van der Waals surface area contributed by atoms with Gasteiger partial charge in [0.2, 0.25) is 5.13 Å².